The zero-order chi connectivity index (χ0) is 16.0. The number of amides is 1. The van der Waals surface area contributed by atoms with Crippen LogP contribution in [0, 0.1) is 5.82 Å². The molecule has 0 saturated carbocycles. The predicted octanol–water partition coefficient (Wildman–Crippen LogP) is 2.93. The Morgan fingerprint density at radius 3 is 2.74 bits per heavy atom. The van der Waals surface area contributed by atoms with Crippen molar-refractivity contribution in [3.63, 3.8) is 0 Å². The molecule has 0 N–H and O–H groups in total. The fourth-order valence-corrected chi connectivity index (χ4v) is 3.77. The van der Waals surface area contributed by atoms with Crippen LogP contribution in [0.25, 0.3) is 11.4 Å². The van der Waals surface area contributed by atoms with Crippen molar-refractivity contribution in [3.8, 4) is 11.4 Å². The molecule has 2 aliphatic heterocycles. The molecular weight excluding hydrogens is 295 g/mol. The molecule has 4 rings (SSSR count). The first-order chi connectivity index (χ1) is 11.2. The summed E-state index contributed by atoms with van der Waals surface area (Å²) in [5.41, 5.74) is 0.794. The van der Waals surface area contributed by atoms with Crippen molar-refractivity contribution >= 4 is 5.91 Å². The van der Waals surface area contributed by atoms with Crippen LogP contribution in [-0.2, 0) is 11.3 Å². The first-order valence-corrected chi connectivity index (χ1v) is 8.19. The van der Waals surface area contributed by atoms with E-state index in [9.17, 15) is 9.18 Å². The molecule has 3 heterocycles. The number of rotatable bonds is 3. The lowest BCUT2D eigenvalue weighted by Gasteiger charge is -2.23. The van der Waals surface area contributed by atoms with E-state index in [0.717, 1.165) is 30.7 Å². The number of halogens is 1. The van der Waals surface area contributed by atoms with Gasteiger partial charge in [0.2, 0.25) is 5.91 Å². The Labute approximate surface area is 134 Å². The standard InChI is InChI=1S/C17H19FN4O/c1-2-21-17(14-9-7-13-8-10-15(23)22(13)14)19-16(20-21)11-3-5-12(18)6-4-11/h3-6,13-14H,2,7-10H2,1H3. The highest BCUT2D eigenvalue weighted by molar-refractivity contribution is 5.79. The molecule has 5 nitrogen and oxygen atoms in total. The summed E-state index contributed by atoms with van der Waals surface area (Å²) < 4.78 is 15.0. The highest BCUT2D eigenvalue weighted by Gasteiger charge is 2.43. The summed E-state index contributed by atoms with van der Waals surface area (Å²) in [6.45, 7) is 2.72. The van der Waals surface area contributed by atoms with Crippen molar-refractivity contribution in [2.75, 3.05) is 0 Å². The molecule has 120 valence electrons. The Balaban J connectivity index is 1.71. The van der Waals surface area contributed by atoms with Crippen LogP contribution in [0.5, 0.6) is 0 Å². The first-order valence-electron chi connectivity index (χ1n) is 8.19. The number of carbonyl (C=O) groups is 1. The molecule has 0 spiro atoms. The summed E-state index contributed by atoms with van der Waals surface area (Å²) in [5.74, 6) is 1.40. The number of hydrogen-bond acceptors (Lipinski definition) is 3. The van der Waals surface area contributed by atoms with Gasteiger partial charge >= 0.3 is 0 Å². The van der Waals surface area contributed by atoms with Gasteiger partial charge in [-0.05, 0) is 50.5 Å². The summed E-state index contributed by atoms with van der Waals surface area (Å²) >= 11 is 0. The smallest absolute Gasteiger partial charge is 0.223 e. The van der Waals surface area contributed by atoms with Gasteiger partial charge in [0.25, 0.3) is 0 Å². The molecule has 6 heteroatoms. The summed E-state index contributed by atoms with van der Waals surface area (Å²) in [6, 6.07) is 6.59. The molecule has 1 aromatic heterocycles. The van der Waals surface area contributed by atoms with Gasteiger partial charge in [0.1, 0.15) is 11.6 Å². The van der Waals surface area contributed by atoms with Gasteiger partial charge in [-0.15, -0.1) is 0 Å². The lowest BCUT2D eigenvalue weighted by molar-refractivity contribution is -0.130. The molecule has 2 aromatic rings. The Kier molecular flexibility index (Phi) is 3.39. The fraction of sp³-hybridized carbons (Fsp3) is 0.471. The summed E-state index contributed by atoms with van der Waals surface area (Å²) in [7, 11) is 0. The van der Waals surface area contributed by atoms with Gasteiger partial charge in [0.15, 0.2) is 5.82 Å². The van der Waals surface area contributed by atoms with Crippen LogP contribution in [0.2, 0.25) is 0 Å². The van der Waals surface area contributed by atoms with Gasteiger partial charge in [0.05, 0.1) is 6.04 Å². The average molecular weight is 314 g/mol. The minimum Gasteiger partial charge on any atom is -0.329 e. The average Bonchev–Trinajstić information content (AvgIpc) is 3.24. The number of nitrogens with zero attached hydrogens (tertiary/aromatic N) is 4. The maximum atomic E-state index is 13.1. The van der Waals surface area contributed by atoms with Crippen LogP contribution in [0.3, 0.4) is 0 Å². The van der Waals surface area contributed by atoms with Crippen molar-refractivity contribution in [1.29, 1.82) is 0 Å². The van der Waals surface area contributed by atoms with Gasteiger partial charge in [-0.25, -0.2) is 14.1 Å². The Hall–Kier alpha value is -2.24. The van der Waals surface area contributed by atoms with Crippen molar-refractivity contribution in [3.05, 3.63) is 35.9 Å². The van der Waals surface area contributed by atoms with Crippen LogP contribution in [0.15, 0.2) is 24.3 Å². The zero-order valence-corrected chi connectivity index (χ0v) is 13.1. The molecule has 2 unspecified atom stereocenters. The second kappa shape index (κ2) is 5.44. The maximum absolute atomic E-state index is 13.1. The third kappa shape index (κ3) is 2.33. The molecule has 2 saturated heterocycles. The SMILES string of the molecule is CCn1nc(-c2ccc(F)cc2)nc1C1CCC2CCC(=O)N21. The van der Waals surface area contributed by atoms with E-state index in [0.29, 0.717) is 24.8 Å². The van der Waals surface area contributed by atoms with E-state index in [1.54, 1.807) is 12.1 Å². The van der Waals surface area contributed by atoms with Crippen LogP contribution >= 0.6 is 0 Å². The van der Waals surface area contributed by atoms with Crippen LogP contribution < -0.4 is 0 Å². The van der Waals surface area contributed by atoms with Crippen LogP contribution in [0.1, 0.15) is 44.5 Å². The topological polar surface area (TPSA) is 51.0 Å². The normalized spacial score (nSPS) is 23.6. The third-order valence-electron chi connectivity index (χ3n) is 4.88. The molecular formula is C17H19FN4O. The molecule has 23 heavy (non-hydrogen) atoms. The summed E-state index contributed by atoms with van der Waals surface area (Å²) in [4.78, 5) is 18.9. The van der Waals surface area contributed by atoms with E-state index in [1.807, 2.05) is 16.5 Å². The molecule has 2 atom stereocenters. The number of carbonyl (C=O) groups excluding carboxylic acids is 1. The van der Waals surface area contributed by atoms with Crippen molar-refractivity contribution in [2.24, 2.45) is 0 Å². The Morgan fingerprint density at radius 1 is 1.22 bits per heavy atom. The molecule has 2 aliphatic rings. The third-order valence-corrected chi connectivity index (χ3v) is 4.88. The van der Waals surface area contributed by atoms with Gasteiger partial charge in [0, 0.05) is 24.6 Å². The lowest BCUT2D eigenvalue weighted by Crippen LogP contribution is -2.31. The van der Waals surface area contributed by atoms with E-state index in [4.69, 9.17) is 4.98 Å². The highest BCUT2D eigenvalue weighted by atomic mass is 19.1. The van der Waals surface area contributed by atoms with Crippen molar-refractivity contribution in [1.82, 2.24) is 19.7 Å². The maximum Gasteiger partial charge on any atom is 0.223 e. The number of benzene rings is 1. The van der Waals surface area contributed by atoms with Crippen LogP contribution in [-0.4, -0.2) is 31.6 Å². The molecule has 0 aliphatic carbocycles. The van der Waals surface area contributed by atoms with Crippen LogP contribution in [0.4, 0.5) is 4.39 Å². The van der Waals surface area contributed by atoms with Crippen molar-refractivity contribution in [2.45, 2.75) is 51.2 Å². The second-order valence-corrected chi connectivity index (χ2v) is 6.20. The molecule has 1 amide bonds. The van der Waals surface area contributed by atoms with E-state index >= 15 is 0 Å². The Morgan fingerprint density at radius 2 is 2.00 bits per heavy atom. The van der Waals surface area contributed by atoms with E-state index < -0.39 is 0 Å². The summed E-state index contributed by atoms with van der Waals surface area (Å²) in [6.07, 6.45) is 3.59. The minimum absolute atomic E-state index is 0.0247. The Bertz CT molecular complexity index is 740. The number of aryl methyl sites for hydroxylation is 1. The quantitative estimate of drug-likeness (QED) is 0.875. The largest absolute Gasteiger partial charge is 0.329 e. The second-order valence-electron chi connectivity index (χ2n) is 6.20. The van der Waals surface area contributed by atoms with Gasteiger partial charge < -0.3 is 4.90 Å². The zero-order valence-electron chi connectivity index (χ0n) is 13.1. The van der Waals surface area contributed by atoms with Crippen molar-refractivity contribution < 1.29 is 9.18 Å². The number of hydrogen-bond donors (Lipinski definition) is 0. The highest BCUT2D eigenvalue weighted by Crippen LogP contribution is 2.41. The fourth-order valence-electron chi connectivity index (χ4n) is 3.77. The van der Waals surface area contributed by atoms with E-state index in [2.05, 4.69) is 5.10 Å². The van der Waals surface area contributed by atoms with Gasteiger partial charge in [-0.2, -0.15) is 5.10 Å². The first kappa shape index (κ1) is 14.4. The van der Waals surface area contributed by atoms with E-state index in [-0.39, 0.29) is 17.8 Å². The minimum atomic E-state index is -0.273. The summed E-state index contributed by atoms with van der Waals surface area (Å²) in [5, 5.41) is 4.56. The lowest BCUT2D eigenvalue weighted by atomic mass is 10.1. The number of aromatic nitrogens is 3. The molecule has 0 radical (unpaired) electrons. The molecule has 2 fully saturated rings. The monoisotopic (exact) mass is 314 g/mol. The van der Waals surface area contributed by atoms with Gasteiger partial charge in [-0.1, -0.05) is 0 Å². The van der Waals surface area contributed by atoms with E-state index in [1.165, 1.54) is 12.1 Å². The predicted molar refractivity (Wildman–Crippen MR) is 82.9 cm³/mol. The molecule has 0 bridgehead atoms. The number of fused-ring (bicyclic) bond motifs is 1. The van der Waals surface area contributed by atoms with Gasteiger partial charge in [-0.3, -0.25) is 4.79 Å². The molecule has 1 aromatic carbocycles.